The minimum Gasteiger partial charge on any atom is -0.339 e. The molecule has 1 aromatic heterocycles. The lowest BCUT2D eigenvalue weighted by Gasteiger charge is -2.30. The molecule has 6 nitrogen and oxygen atoms in total. The van der Waals surface area contributed by atoms with Crippen molar-refractivity contribution < 1.29 is 9.32 Å². The Balaban J connectivity index is 1.36. The largest absolute Gasteiger partial charge is 0.339 e. The van der Waals surface area contributed by atoms with Crippen molar-refractivity contribution in [2.75, 3.05) is 18.4 Å². The number of benzene rings is 2. The van der Waals surface area contributed by atoms with Crippen LogP contribution in [0.25, 0.3) is 11.4 Å². The fourth-order valence-corrected chi connectivity index (χ4v) is 3.36. The molecule has 2 amide bonds. The molecule has 1 aliphatic heterocycles. The second kappa shape index (κ2) is 7.61. The van der Waals surface area contributed by atoms with Crippen LogP contribution in [0.4, 0.5) is 10.5 Å². The number of hydrogen-bond acceptors (Lipinski definition) is 4. The van der Waals surface area contributed by atoms with Crippen molar-refractivity contribution >= 4 is 11.7 Å². The van der Waals surface area contributed by atoms with Gasteiger partial charge in [-0.25, -0.2) is 4.79 Å². The molecule has 0 unspecified atom stereocenters. The molecule has 3 aromatic rings. The number of anilines is 1. The fraction of sp³-hybridized carbons (Fsp3) is 0.286. The molecule has 0 atom stereocenters. The summed E-state index contributed by atoms with van der Waals surface area (Å²) in [6.07, 6.45) is 1.63. The lowest BCUT2D eigenvalue weighted by atomic mass is 9.97. The maximum Gasteiger partial charge on any atom is 0.321 e. The number of aromatic nitrogens is 2. The van der Waals surface area contributed by atoms with E-state index in [1.807, 2.05) is 66.4 Å². The van der Waals surface area contributed by atoms with Gasteiger partial charge in [0.25, 0.3) is 0 Å². The lowest BCUT2D eigenvalue weighted by Crippen LogP contribution is -2.40. The van der Waals surface area contributed by atoms with Gasteiger partial charge in [0.15, 0.2) is 0 Å². The van der Waals surface area contributed by atoms with Crippen LogP contribution in [0.3, 0.4) is 0 Å². The van der Waals surface area contributed by atoms with Crippen LogP contribution in [0.5, 0.6) is 0 Å². The minimum atomic E-state index is -0.0642. The van der Waals surface area contributed by atoms with E-state index in [0.29, 0.717) is 24.8 Å². The average molecular weight is 362 g/mol. The summed E-state index contributed by atoms with van der Waals surface area (Å²) in [5.41, 5.74) is 2.94. The van der Waals surface area contributed by atoms with Gasteiger partial charge in [-0.05, 0) is 38.0 Å². The smallest absolute Gasteiger partial charge is 0.321 e. The van der Waals surface area contributed by atoms with Gasteiger partial charge in [-0.2, -0.15) is 4.98 Å². The van der Waals surface area contributed by atoms with Crippen LogP contribution < -0.4 is 5.32 Å². The van der Waals surface area contributed by atoms with E-state index < -0.39 is 0 Å². The van der Waals surface area contributed by atoms with Crippen molar-refractivity contribution in [1.29, 1.82) is 0 Å². The van der Waals surface area contributed by atoms with Gasteiger partial charge in [0.2, 0.25) is 11.7 Å². The van der Waals surface area contributed by atoms with Crippen LogP contribution in [-0.4, -0.2) is 34.2 Å². The van der Waals surface area contributed by atoms with Gasteiger partial charge < -0.3 is 14.7 Å². The summed E-state index contributed by atoms with van der Waals surface area (Å²) in [6, 6.07) is 17.5. The van der Waals surface area contributed by atoms with Crippen LogP contribution in [0.1, 0.15) is 30.2 Å². The number of piperidine rings is 1. The normalized spacial score (nSPS) is 14.9. The predicted molar refractivity (Wildman–Crippen MR) is 103 cm³/mol. The number of rotatable bonds is 3. The highest BCUT2D eigenvalue weighted by atomic mass is 16.5. The van der Waals surface area contributed by atoms with Crippen molar-refractivity contribution in [1.82, 2.24) is 15.0 Å². The second-order valence-electron chi connectivity index (χ2n) is 6.88. The van der Waals surface area contributed by atoms with Gasteiger partial charge in [0.05, 0.1) is 0 Å². The zero-order valence-corrected chi connectivity index (χ0v) is 15.3. The summed E-state index contributed by atoms with van der Waals surface area (Å²) < 4.78 is 5.51. The number of hydrogen-bond donors (Lipinski definition) is 1. The molecule has 4 rings (SSSR count). The van der Waals surface area contributed by atoms with Crippen LogP contribution >= 0.6 is 0 Å². The molecule has 0 radical (unpaired) electrons. The minimum absolute atomic E-state index is 0.0642. The van der Waals surface area contributed by atoms with Crippen molar-refractivity contribution in [2.45, 2.75) is 25.7 Å². The molecule has 0 bridgehead atoms. The van der Waals surface area contributed by atoms with Crippen molar-refractivity contribution in [3.05, 3.63) is 66.1 Å². The number of amides is 2. The number of urea groups is 1. The summed E-state index contributed by atoms with van der Waals surface area (Å²) in [5.74, 6) is 1.48. The first-order valence-corrected chi connectivity index (χ1v) is 9.20. The number of nitrogens with zero attached hydrogens (tertiary/aromatic N) is 3. The van der Waals surface area contributed by atoms with E-state index in [-0.39, 0.29) is 11.9 Å². The third kappa shape index (κ3) is 4.00. The molecule has 2 aromatic carbocycles. The molecule has 1 aliphatic rings. The second-order valence-corrected chi connectivity index (χ2v) is 6.88. The van der Waals surface area contributed by atoms with Crippen LogP contribution in [0, 0.1) is 6.92 Å². The van der Waals surface area contributed by atoms with E-state index in [2.05, 4.69) is 15.5 Å². The zero-order valence-electron chi connectivity index (χ0n) is 15.3. The Bertz CT molecular complexity index is 915. The molecule has 1 N–H and O–H groups in total. The van der Waals surface area contributed by atoms with Gasteiger partial charge in [-0.1, -0.05) is 47.1 Å². The molecule has 0 saturated carbocycles. The molecule has 0 aliphatic carbocycles. The van der Waals surface area contributed by atoms with E-state index in [4.69, 9.17) is 4.52 Å². The van der Waals surface area contributed by atoms with Gasteiger partial charge in [-0.15, -0.1) is 0 Å². The van der Waals surface area contributed by atoms with E-state index in [0.717, 1.165) is 29.7 Å². The molecule has 138 valence electrons. The summed E-state index contributed by atoms with van der Waals surface area (Å²) in [7, 11) is 0. The Morgan fingerprint density at radius 2 is 1.89 bits per heavy atom. The molecule has 6 heteroatoms. The van der Waals surface area contributed by atoms with Gasteiger partial charge >= 0.3 is 6.03 Å². The van der Waals surface area contributed by atoms with Crippen LogP contribution in [0.15, 0.2) is 59.1 Å². The first-order valence-electron chi connectivity index (χ1n) is 9.20. The molecule has 1 fully saturated rings. The van der Waals surface area contributed by atoms with E-state index in [1.165, 1.54) is 0 Å². The molecular formula is C21H22N4O2. The fourth-order valence-electron chi connectivity index (χ4n) is 3.36. The summed E-state index contributed by atoms with van der Waals surface area (Å²) in [6.45, 7) is 3.39. The van der Waals surface area contributed by atoms with Crippen molar-refractivity contribution in [3.63, 3.8) is 0 Å². The van der Waals surface area contributed by atoms with Crippen molar-refractivity contribution in [3.8, 4) is 11.4 Å². The van der Waals surface area contributed by atoms with Crippen molar-refractivity contribution in [2.24, 2.45) is 0 Å². The Labute approximate surface area is 158 Å². The molecular weight excluding hydrogens is 340 g/mol. The maximum absolute atomic E-state index is 12.4. The first kappa shape index (κ1) is 17.3. The number of aryl methyl sites for hydroxylation is 1. The average Bonchev–Trinajstić information content (AvgIpc) is 3.19. The standard InChI is InChI=1S/C21H22N4O2/c1-15-6-5-7-17(14-15)19-23-20(27-24-19)16-10-12-25(13-11-16)21(26)22-18-8-3-2-4-9-18/h2-9,14,16H,10-13H2,1H3,(H,22,26). The number of carbonyl (C=O) groups excluding carboxylic acids is 1. The maximum atomic E-state index is 12.4. The first-order chi connectivity index (χ1) is 13.2. The Morgan fingerprint density at radius 1 is 1.11 bits per heavy atom. The highest BCUT2D eigenvalue weighted by Gasteiger charge is 2.27. The molecule has 0 spiro atoms. The topological polar surface area (TPSA) is 71.3 Å². The van der Waals surface area contributed by atoms with Gasteiger partial charge in [0, 0.05) is 30.3 Å². The third-order valence-electron chi connectivity index (χ3n) is 4.87. The van der Waals surface area contributed by atoms with E-state index in [9.17, 15) is 4.79 Å². The predicted octanol–water partition coefficient (Wildman–Crippen LogP) is 4.46. The lowest BCUT2D eigenvalue weighted by molar-refractivity contribution is 0.187. The number of para-hydroxylation sites is 1. The van der Waals surface area contributed by atoms with Crippen LogP contribution in [-0.2, 0) is 0 Å². The molecule has 1 saturated heterocycles. The van der Waals surface area contributed by atoms with E-state index in [1.54, 1.807) is 0 Å². The Hall–Kier alpha value is -3.15. The van der Waals surface area contributed by atoms with E-state index >= 15 is 0 Å². The third-order valence-corrected chi connectivity index (χ3v) is 4.87. The highest BCUT2D eigenvalue weighted by molar-refractivity contribution is 5.89. The highest BCUT2D eigenvalue weighted by Crippen LogP contribution is 2.29. The SMILES string of the molecule is Cc1cccc(-c2noc(C3CCN(C(=O)Nc4ccccc4)CC3)n2)c1. The number of nitrogens with one attached hydrogen (secondary N) is 1. The Morgan fingerprint density at radius 3 is 2.63 bits per heavy atom. The van der Waals surface area contributed by atoms with Crippen LogP contribution in [0.2, 0.25) is 0 Å². The Kier molecular flexibility index (Phi) is 4.87. The quantitative estimate of drug-likeness (QED) is 0.747. The monoisotopic (exact) mass is 362 g/mol. The number of carbonyl (C=O) groups is 1. The zero-order chi connectivity index (χ0) is 18.6. The van der Waals surface area contributed by atoms with Gasteiger partial charge in [0.1, 0.15) is 0 Å². The summed E-state index contributed by atoms with van der Waals surface area (Å²) >= 11 is 0. The number of likely N-dealkylation sites (tertiary alicyclic amines) is 1. The molecule has 27 heavy (non-hydrogen) atoms. The summed E-state index contributed by atoms with van der Waals surface area (Å²) in [4.78, 5) is 18.8. The summed E-state index contributed by atoms with van der Waals surface area (Å²) in [5, 5.41) is 7.07. The van der Waals surface area contributed by atoms with Gasteiger partial charge in [-0.3, -0.25) is 0 Å². The molecule has 2 heterocycles.